The topological polar surface area (TPSA) is 12.0 Å². The van der Waals surface area contributed by atoms with Crippen LogP contribution in [-0.2, 0) is 5.41 Å². The summed E-state index contributed by atoms with van der Waals surface area (Å²) in [5.41, 5.74) is 3.00. The Labute approximate surface area is 119 Å². The molecule has 98 valence electrons. The SMILES string of the molecule is CNC(c1ccc(Cl)cc1)C1(c2ccccc2)CC1. The standard InChI is InChI=1S/C17H18ClN/c1-19-16(13-7-9-15(18)10-8-13)17(11-12-17)14-5-3-2-4-6-14/h2-10,16,19H,11-12H2,1H3. The van der Waals surface area contributed by atoms with Gasteiger partial charge in [-0.25, -0.2) is 0 Å². The van der Waals surface area contributed by atoms with Crippen molar-refractivity contribution in [1.82, 2.24) is 5.32 Å². The maximum absolute atomic E-state index is 5.99. The zero-order valence-corrected chi connectivity index (χ0v) is 11.8. The monoisotopic (exact) mass is 271 g/mol. The van der Waals surface area contributed by atoms with E-state index in [1.54, 1.807) is 0 Å². The molecule has 1 nitrogen and oxygen atoms in total. The lowest BCUT2D eigenvalue weighted by Gasteiger charge is -2.28. The second kappa shape index (κ2) is 4.99. The molecule has 0 radical (unpaired) electrons. The molecule has 1 unspecified atom stereocenters. The second-order valence-electron chi connectivity index (χ2n) is 5.30. The predicted octanol–water partition coefficient (Wildman–Crippen LogP) is 4.33. The van der Waals surface area contributed by atoms with Crippen LogP contribution in [0.5, 0.6) is 0 Å². The van der Waals surface area contributed by atoms with E-state index in [0.29, 0.717) is 6.04 Å². The van der Waals surface area contributed by atoms with Crippen LogP contribution in [0.15, 0.2) is 54.6 Å². The quantitative estimate of drug-likeness (QED) is 0.873. The maximum Gasteiger partial charge on any atom is 0.0415 e. The van der Waals surface area contributed by atoms with E-state index in [0.717, 1.165) is 5.02 Å². The number of nitrogens with one attached hydrogen (secondary N) is 1. The third-order valence-corrected chi connectivity index (χ3v) is 4.43. The Morgan fingerprint density at radius 3 is 2.16 bits per heavy atom. The molecule has 2 aromatic rings. The minimum absolute atomic E-state index is 0.254. The zero-order chi connectivity index (χ0) is 13.3. The molecule has 0 saturated heterocycles. The van der Waals surface area contributed by atoms with E-state index in [2.05, 4.69) is 47.8 Å². The van der Waals surface area contributed by atoms with Gasteiger partial charge in [0.15, 0.2) is 0 Å². The summed E-state index contributed by atoms with van der Waals surface area (Å²) in [6.07, 6.45) is 2.48. The fourth-order valence-electron chi connectivity index (χ4n) is 3.07. The Bertz CT molecular complexity index is 543. The molecule has 0 heterocycles. The van der Waals surface area contributed by atoms with Crippen molar-refractivity contribution in [2.75, 3.05) is 7.05 Å². The Balaban J connectivity index is 1.97. The summed E-state index contributed by atoms with van der Waals surface area (Å²) in [6, 6.07) is 19.4. The van der Waals surface area contributed by atoms with Crippen molar-refractivity contribution in [2.24, 2.45) is 0 Å². The number of benzene rings is 2. The Morgan fingerprint density at radius 2 is 1.63 bits per heavy atom. The predicted molar refractivity (Wildman–Crippen MR) is 80.6 cm³/mol. The normalized spacial score (nSPS) is 18.0. The Morgan fingerprint density at radius 1 is 1.00 bits per heavy atom. The van der Waals surface area contributed by atoms with Crippen molar-refractivity contribution in [3.63, 3.8) is 0 Å². The first-order chi connectivity index (χ1) is 9.26. The largest absolute Gasteiger partial charge is 0.312 e. The van der Waals surface area contributed by atoms with Crippen LogP contribution in [0.1, 0.15) is 30.0 Å². The molecule has 1 saturated carbocycles. The molecule has 2 heteroatoms. The third-order valence-electron chi connectivity index (χ3n) is 4.18. The summed E-state index contributed by atoms with van der Waals surface area (Å²) in [5, 5.41) is 4.29. The van der Waals surface area contributed by atoms with Gasteiger partial charge in [0.05, 0.1) is 0 Å². The fraction of sp³-hybridized carbons (Fsp3) is 0.294. The number of hydrogen-bond acceptors (Lipinski definition) is 1. The van der Waals surface area contributed by atoms with Crippen LogP contribution in [0.2, 0.25) is 5.02 Å². The van der Waals surface area contributed by atoms with E-state index in [1.165, 1.54) is 24.0 Å². The van der Waals surface area contributed by atoms with Crippen LogP contribution in [0.3, 0.4) is 0 Å². The van der Waals surface area contributed by atoms with Crippen molar-refractivity contribution in [2.45, 2.75) is 24.3 Å². The summed E-state index contributed by atoms with van der Waals surface area (Å²) in [7, 11) is 2.04. The minimum atomic E-state index is 0.254. The highest BCUT2D eigenvalue weighted by Gasteiger charge is 2.50. The molecule has 1 atom stereocenters. The van der Waals surface area contributed by atoms with E-state index in [4.69, 9.17) is 11.6 Å². The van der Waals surface area contributed by atoms with Gasteiger partial charge in [-0.1, -0.05) is 54.1 Å². The molecule has 0 amide bonds. The average molecular weight is 272 g/mol. The Kier molecular flexibility index (Phi) is 3.34. The third kappa shape index (κ3) is 2.29. The van der Waals surface area contributed by atoms with Gasteiger partial charge < -0.3 is 5.32 Å². The van der Waals surface area contributed by atoms with E-state index < -0.39 is 0 Å². The molecule has 0 bridgehead atoms. The van der Waals surface area contributed by atoms with Gasteiger partial charge in [-0.2, -0.15) is 0 Å². The van der Waals surface area contributed by atoms with E-state index >= 15 is 0 Å². The summed E-state index contributed by atoms with van der Waals surface area (Å²) in [6.45, 7) is 0. The average Bonchev–Trinajstić information content (AvgIpc) is 3.24. The van der Waals surface area contributed by atoms with Crippen LogP contribution >= 0.6 is 11.6 Å². The zero-order valence-electron chi connectivity index (χ0n) is 11.1. The van der Waals surface area contributed by atoms with Gasteiger partial charge >= 0.3 is 0 Å². The van der Waals surface area contributed by atoms with Crippen LogP contribution < -0.4 is 5.32 Å². The van der Waals surface area contributed by atoms with Crippen molar-refractivity contribution < 1.29 is 0 Å². The van der Waals surface area contributed by atoms with Gasteiger partial charge in [-0.3, -0.25) is 0 Å². The molecule has 0 aliphatic heterocycles. The lowest BCUT2D eigenvalue weighted by molar-refractivity contribution is 0.463. The summed E-state index contributed by atoms with van der Waals surface area (Å²) in [5.74, 6) is 0. The molecule has 19 heavy (non-hydrogen) atoms. The second-order valence-corrected chi connectivity index (χ2v) is 5.73. The van der Waals surface area contributed by atoms with Gasteiger partial charge in [0.2, 0.25) is 0 Å². The van der Waals surface area contributed by atoms with Crippen LogP contribution in [-0.4, -0.2) is 7.05 Å². The number of likely N-dealkylation sites (N-methyl/N-ethyl adjacent to an activating group) is 1. The van der Waals surface area contributed by atoms with Crippen LogP contribution in [0.4, 0.5) is 0 Å². The van der Waals surface area contributed by atoms with Crippen molar-refractivity contribution in [1.29, 1.82) is 0 Å². The van der Waals surface area contributed by atoms with Crippen molar-refractivity contribution in [3.8, 4) is 0 Å². The lowest BCUT2D eigenvalue weighted by atomic mass is 9.84. The summed E-state index contributed by atoms with van der Waals surface area (Å²) < 4.78 is 0. The van der Waals surface area contributed by atoms with E-state index in [1.807, 2.05) is 19.2 Å². The lowest BCUT2D eigenvalue weighted by Crippen LogP contribution is -2.29. The number of rotatable bonds is 4. The smallest absolute Gasteiger partial charge is 0.0415 e. The van der Waals surface area contributed by atoms with Gasteiger partial charge in [-0.15, -0.1) is 0 Å². The van der Waals surface area contributed by atoms with Crippen molar-refractivity contribution in [3.05, 3.63) is 70.7 Å². The first-order valence-electron chi connectivity index (χ1n) is 6.74. The van der Waals surface area contributed by atoms with Gasteiger partial charge in [0.1, 0.15) is 0 Å². The molecule has 2 aromatic carbocycles. The highest BCUT2D eigenvalue weighted by Crippen LogP contribution is 2.56. The molecule has 0 aromatic heterocycles. The molecule has 0 spiro atoms. The molecular formula is C17H18ClN. The maximum atomic E-state index is 5.99. The van der Waals surface area contributed by atoms with E-state index in [9.17, 15) is 0 Å². The highest BCUT2D eigenvalue weighted by atomic mass is 35.5. The van der Waals surface area contributed by atoms with Crippen molar-refractivity contribution >= 4 is 11.6 Å². The molecule has 1 N–H and O–H groups in total. The van der Waals surface area contributed by atoms with Gasteiger partial charge in [0, 0.05) is 16.5 Å². The van der Waals surface area contributed by atoms with E-state index in [-0.39, 0.29) is 5.41 Å². The first kappa shape index (κ1) is 12.7. The highest BCUT2D eigenvalue weighted by molar-refractivity contribution is 6.30. The molecule has 1 aliphatic rings. The van der Waals surface area contributed by atoms with Crippen LogP contribution in [0, 0.1) is 0 Å². The fourth-order valence-corrected chi connectivity index (χ4v) is 3.19. The molecule has 1 fully saturated rings. The van der Waals surface area contributed by atoms with Gasteiger partial charge in [0.25, 0.3) is 0 Å². The first-order valence-corrected chi connectivity index (χ1v) is 7.12. The summed E-state index contributed by atoms with van der Waals surface area (Å²) >= 11 is 5.99. The molecule has 3 rings (SSSR count). The summed E-state index contributed by atoms with van der Waals surface area (Å²) in [4.78, 5) is 0. The minimum Gasteiger partial charge on any atom is -0.312 e. The van der Waals surface area contributed by atoms with Crippen LogP contribution in [0.25, 0.3) is 0 Å². The number of hydrogen-bond donors (Lipinski definition) is 1. The van der Waals surface area contributed by atoms with Gasteiger partial charge in [-0.05, 0) is 43.1 Å². The number of halogens is 1. The molecule has 1 aliphatic carbocycles. The molecular weight excluding hydrogens is 254 g/mol. The Hall–Kier alpha value is -1.31.